The second-order valence-electron chi connectivity index (χ2n) is 17.0. The van der Waals surface area contributed by atoms with Crippen LogP contribution in [0.1, 0.15) is 70.9 Å². The highest BCUT2D eigenvalue weighted by atomic mass is 16.4. The number of aliphatic hydroxyl groups excluding tert-OH is 1. The van der Waals surface area contributed by atoms with Crippen LogP contribution in [0.5, 0.6) is 0 Å². The first-order valence-electron chi connectivity index (χ1n) is 21.6. The number of para-hydroxylation sites is 2. The van der Waals surface area contributed by atoms with Crippen molar-refractivity contribution in [2.45, 2.75) is 121 Å². The fourth-order valence-electron chi connectivity index (χ4n) is 7.93. The molecule has 6 amide bonds. The molecule has 8 atom stereocenters. The number of fused-ring (bicyclic) bond motifs is 2. The van der Waals surface area contributed by atoms with Gasteiger partial charge in [-0.25, -0.2) is 4.79 Å². The molecule has 2 aromatic carbocycles. The van der Waals surface area contributed by atoms with Gasteiger partial charge in [0, 0.05) is 60.0 Å². The number of hydrogen-bond donors (Lipinski definition) is 11. The predicted molar refractivity (Wildman–Crippen MR) is 238 cm³/mol. The molecular formula is C45H59N9O11. The minimum atomic E-state index is -1.61. The van der Waals surface area contributed by atoms with Gasteiger partial charge < -0.3 is 62.5 Å². The van der Waals surface area contributed by atoms with E-state index in [-0.39, 0.29) is 38.1 Å². The summed E-state index contributed by atoms with van der Waals surface area (Å²) in [5, 5.41) is 44.8. The number of aromatic nitrogens is 2. The molecule has 1 aliphatic heterocycles. The number of H-pyrrole nitrogens is 2. The van der Waals surface area contributed by atoms with E-state index in [1.165, 1.54) is 18.7 Å². The van der Waals surface area contributed by atoms with Gasteiger partial charge in [0.15, 0.2) is 0 Å². The first-order valence-corrected chi connectivity index (χ1v) is 21.6. The van der Waals surface area contributed by atoms with Crippen LogP contribution in [0.4, 0.5) is 0 Å². The summed E-state index contributed by atoms with van der Waals surface area (Å²) in [6, 6.07) is 5.40. The second-order valence-corrected chi connectivity index (χ2v) is 17.0. The number of carbonyl (C=O) groups is 8. The SMILES string of the molecule is CC(C)C[C@H](NC(=O)[C@H](CCC(=O)O)NC(=O)[C@H](Cc1c[nH]c2ccccc12)NC(=O)[C@H](C)N)C(=O)N[C@H](C(=O)N1CCC[C@H]1C(=O)N[C@@H](Cc1c[nH]c2ccccc12)C(=O)O)[C@@H](C)O. The van der Waals surface area contributed by atoms with Gasteiger partial charge in [-0.1, -0.05) is 50.2 Å². The zero-order valence-electron chi connectivity index (χ0n) is 36.8. The first-order chi connectivity index (χ1) is 30.8. The summed E-state index contributed by atoms with van der Waals surface area (Å²) in [6.07, 6.45) is 1.39. The lowest BCUT2D eigenvalue weighted by Crippen LogP contribution is -2.61. The first kappa shape index (κ1) is 49.2. The summed E-state index contributed by atoms with van der Waals surface area (Å²) in [4.78, 5) is 114. The van der Waals surface area contributed by atoms with Gasteiger partial charge >= 0.3 is 11.9 Å². The topological polar surface area (TPSA) is 318 Å². The standard InChI is InChI=1S/C45H59N9O11/c1-23(2)18-33(51-40(59)32(15-16-37(56)57)49-41(60)34(50-39(58)24(3)46)19-26-21-47-30-12-7-5-10-28(26)30)42(61)53-38(25(4)55)44(63)54-17-9-14-36(54)43(62)52-35(45(64)65)20-27-22-48-31-13-8-6-11-29(27)31/h5-8,10-13,21-25,32-36,38,47-48,55H,9,14-20,46H2,1-4H3,(H,49,60)(H,50,58)(H,51,59)(H,52,62)(H,53,61)(H,56,57)(H,64,65)/t24-,25+,32-,33-,34-,35-,36-,38-/m0/s1. The number of nitrogens with one attached hydrogen (secondary N) is 7. The Labute approximate surface area is 374 Å². The number of nitrogens with zero attached hydrogens (tertiary/aromatic N) is 1. The van der Waals surface area contributed by atoms with Crippen LogP contribution >= 0.6 is 0 Å². The van der Waals surface area contributed by atoms with E-state index in [9.17, 15) is 53.7 Å². The number of aliphatic hydroxyl groups is 1. The number of aliphatic carboxylic acids is 2. The lowest BCUT2D eigenvalue weighted by molar-refractivity contribution is -0.146. The quantitative estimate of drug-likeness (QED) is 0.0516. The number of carbonyl (C=O) groups excluding carboxylic acids is 6. The van der Waals surface area contributed by atoms with E-state index in [4.69, 9.17) is 5.73 Å². The van der Waals surface area contributed by atoms with Crippen LogP contribution in [-0.4, -0.2) is 133 Å². The normalized spacial score (nSPS) is 17.0. The number of aromatic amines is 2. The van der Waals surface area contributed by atoms with Crippen LogP contribution < -0.4 is 32.3 Å². The van der Waals surface area contributed by atoms with E-state index in [0.29, 0.717) is 17.5 Å². The highest BCUT2D eigenvalue weighted by Gasteiger charge is 2.41. The third-order valence-corrected chi connectivity index (χ3v) is 11.4. The smallest absolute Gasteiger partial charge is 0.326 e. The summed E-state index contributed by atoms with van der Waals surface area (Å²) in [7, 11) is 0. The summed E-state index contributed by atoms with van der Waals surface area (Å²) in [5.74, 6) is -7.61. The number of benzene rings is 2. The number of likely N-dealkylation sites (tertiary alicyclic amines) is 1. The molecule has 2 aromatic heterocycles. The minimum absolute atomic E-state index is 0.00722. The van der Waals surface area contributed by atoms with Crippen LogP contribution in [-0.2, 0) is 51.2 Å². The molecule has 1 fully saturated rings. The van der Waals surface area contributed by atoms with Gasteiger partial charge in [-0.15, -0.1) is 0 Å². The van der Waals surface area contributed by atoms with Crippen molar-refractivity contribution in [1.29, 1.82) is 0 Å². The fraction of sp³-hybridized carbons (Fsp3) is 0.467. The van der Waals surface area contributed by atoms with Crippen molar-refractivity contribution in [1.82, 2.24) is 41.5 Å². The van der Waals surface area contributed by atoms with Gasteiger partial charge in [0.1, 0.15) is 36.3 Å². The van der Waals surface area contributed by atoms with Crippen molar-refractivity contribution in [3.63, 3.8) is 0 Å². The largest absolute Gasteiger partial charge is 0.481 e. The molecule has 5 rings (SSSR count). The van der Waals surface area contributed by atoms with E-state index in [0.717, 1.165) is 21.8 Å². The highest BCUT2D eigenvalue weighted by Crippen LogP contribution is 2.23. The summed E-state index contributed by atoms with van der Waals surface area (Å²) in [5.41, 5.74) is 8.70. The fourth-order valence-corrected chi connectivity index (χ4v) is 7.93. The van der Waals surface area contributed by atoms with Gasteiger partial charge in [-0.3, -0.25) is 33.6 Å². The van der Waals surface area contributed by atoms with Crippen molar-refractivity contribution in [3.8, 4) is 0 Å². The Hall–Kier alpha value is -6.80. The summed E-state index contributed by atoms with van der Waals surface area (Å²) < 4.78 is 0. The highest BCUT2D eigenvalue weighted by molar-refractivity contribution is 5.98. The Balaban J connectivity index is 1.30. The van der Waals surface area contributed by atoms with Crippen molar-refractivity contribution >= 4 is 69.2 Å². The Morgan fingerprint density at radius 3 is 1.77 bits per heavy atom. The van der Waals surface area contributed by atoms with E-state index < -0.39 is 109 Å². The summed E-state index contributed by atoms with van der Waals surface area (Å²) in [6.45, 7) is 6.29. The zero-order chi connectivity index (χ0) is 47.5. The number of carboxylic acids is 2. The third kappa shape index (κ3) is 12.9. The van der Waals surface area contributed by atoms with Gasteiger partial charge in [-0.05, 0) is 68.7 Å². The van der Waals surface area contributed by atoms with Crippen molar-refractivity contribution < 1.29 is 53.7 Å². The van der Waals surface area contributed by atoms with Crippen LogP contribution in [0.3, 0.4) is 0 Å². The second kappa shape index (κ2) is 22.2. The molecular weight excluding hydrogens is 843 g/mol. The predicted octanol–water partition coefficient (Wildman–Crippen LogP) is 0.573. The average molecular weight is 902 g/mol. The monoisotopic (exact) mass is 901 g/mol. The maximum atomic E-state index is 14.1. The molecule has 0 unspecified atom stereocenters. The van der Waals surface area contributed by atoms with Gasteiger partial charge in [-0.2, -0.15) is 0 Å². The number of nitrogens with two attached hydrogens (primary N) is 1. The molecule has 4 aromatic rings. The van der Waals surface area contributed by atoms with Crippen molar-refractivity contribution in [2.75, 3.05) is 6.54 Å². The molecule has 0 saturated carbocycles. The summed E-state index contributed by atoms with van der Waals surface area (Å²) >= 11 is 0. The van der Waals surface area contributed by atoms with Crippen LogP contribution in [0, 0.1) is 5.92 Å². The van der Waals surface area contributed by atoms with E-state index >= 15 is 0 Å². The van der Waals surface area contributed by atoms with Crippen molar-refractivity contribution in [2.24, 2.45) is 11.7 Å². The number of carboxylic acid groups (broad SMARTS) is 2. The molecule has 12 N–H and O–H groups in total. The molecule has 0 aliphatic carbocycles. The lowest BCUT2D eigenvalue weighted by Gasteiger charge is -2.32. The molecule has 3 heterocycles. The van der Waals surface area contributed by atoms with Crippen LogP contribution in [0.15, 0.2) is 60.9 Å². The lowest BCUT2D eigenvalue weighted by atomic mass is 10.0. The van der Waals surface area contributed by atoms with Crippen LogP contribution in [0.2, 0.25) is 0 Å². The molecule has 0 bridgehead atoms. The molecule has 0 radical (unpaired) electrons. The van der Waals surface area contributed by atoms with E-state index in [2.05, 4.69) is 36.6 Å². The van der Waals surface area contributed by atoms with Crippen molar-refractivity contribution in [3.05, 3.63) is 72.1 Å². The maximum Gasteiger partial charge on any atom is 0.326 e. The van der Waals surface area contributed by atoms with E-state index in [1.807, 2.05) is 42.5 Å². The van der Waals surface area contributed by atoms with E-state index in [1.54, 1.807) is 32.3 Å². The zero-order valence-corrected chi connectivity index (χ0v) is 36.8. The minimum Gasteiger partial charge on any atom is -0.481 e. The molecule has 0 spiro atoms. The Morgan fingerprint density at radius 2 is 1.23 bits per heavy atom. The number of hydrogen-bond acceptors (Lipinski definition) is 10. The maximum absolute atomic E-state index is 14.1. The molecule has 350 valence electrons. The number of rotatable bonds is 22. The third-order valence-electron chi connectivity index (χ3n) is 11.4. The average Bonchev–Trinajstić information content (AvgIpc) is 4.02. The van der Waals surface area contributed by atoms with Crippen LogP contribution in [0.25, 0.3) is 21.8 Å². The molecule has 20 nitrogen and oxygen atoms in total. The van der Waals surface area contributed by atoms with Gasteiger partial charge in [0.05, 0.1) is 12.1 Å². The molecule has 65 heavy (non-hydrogen) atoms. The Bertz CT molecular complexity index is 2370. The Kier molecular flexibility index (Phi) is 16.8. The molecule has 1 saturated heterocycles. The molecule has 20 heteroatoms. The molecule has 1 aliphatic rings. The van der Waals surface area contributed by atoms with Gasteiger partial charge in [0.2, 0.25) is 35.4 Å². The Morgan fingerprint density at radius 1 is 0.708 bits per heavy atom. The van der Waals surface area contributed by atoms with Gasteiger partial charge in [0.25, 0.3) is 0 Å². The number of amides is 6.